The first-order valence-electron chi connectivity index (χ1n) is 5.23. The molecule has 0 saturated heterocycles. The van der Waals surface area contributed by atoms with Gasteiger partial charge < -0.3 is 5.11 Å². The molecule has 18 heavy (non-hydrogen) atoms. The normalized spacial score (nSPS) is 14.6. The van der Waals surface area contributed by atoms with Gasteiger partial charge in [0.15, 0.2) is 0 Å². The number of aliphatic hydroxyl groups excluding tert-OH is 1. The van der Waals surface area contributed by atoms with E-state index in [9.17, 15) is 22.3 Å². The van der Waals surface area contributed by atoms with Gasteiger partial charge in [0.05, 0.1) is 16.5 Å². The second-order valence-electron chi connectivity index (χ2n) is 4.61. The molecule has 0 radical (unpaired) electrons. The van der Waals surface area contributed by atoms with Crippen molar-refractivity contribution < 1.29 is 22.3 Å². The lowest BCUT2D eigenvalue weighted by atomic mass is 10.0. The molecule has 4 nitrogen and oxygen atoms in total. The number of sulfonamides is 1. The first kappa shape index (κ1) is 15.0. The molecule has 1 rings (SSSR count). The third kappa shape index (κ3) is 3.47. The Morgan fingerprint density at radius 3 is 2.06 bits per heavy atom. The highest BCUT2D eigenvalue weighted by atomic mass is 32.2. The zero-order valence-corrected chi connectivity index (χ0v) is 11.1. The maximum atomic E-state index is 13.0. The average molecular weight is 279 g/mol. The van der Waals surface area contributed by atoms with E-state index in [1.807, 2.05) is 0 Å². The van der Waals surface area contributed by atoms with Crippen molar-refractivity contribution in [2.45, 2.75) is 37.3 Å². The van der Waals surface area contributed by atoms with Gasteiger partial charge in [0, 0.05) is 6.07 Å². The van der Waals surface area contributed by atoms with Gasteiger partial charge in [0.25, 0.3) is 0 Å². The average Bonchev–Trinajstić information content (AvgIpc) is 2.13. The highest BCUT2D eigenvalue weighted by Crippen LogP contribution is 2.18. The minimum atomic E-state index is -4.10. The van der Waals surface area contributed by atoms with E-state index in [1.54, 1.807) is 0 Å². The fourth-order valence-corrected chi connectivity index (χ4v) is 2.69. The molecule has 0 amide bonds. The summed E-state index contributed by atoms with van der Waals surface area (Å²) >= 11 is 0. The van der Waals surface area contributed by atoms with Crippen LogP contribution in [0.3, 0.4) is 0 Å². The second kappa shape index (κ2) is 4.91. The van der Waals surface area contributed by atoms with Gasteiger partial charge in [-0.1, -0.05) is 0 Å². The van der Waals surface area contributed by atoms with Crippen LogP contribution in [0.15, 0.2) is 23.1 Å². The monoisotopic (exact) mass is 279 g/mol. The molecular weight excluding hydrogens is 264 g/mol. The van der Waals surface area contributed by atoms with Gasteiger partial charge in [-0.05, 0) is 32.9 Å². The number of halogens is 2. The molecule has 1 atom stereocenters. The van der Waals surface area contributed by atoms with Gasteiger partial charge in [-0.2, -0.15) is 0 Å². The van der Waals surface area contributed by atoms with Crippen molar-refractivity contribution >= 4 is 10.0 Å². The van der Waals surface area contributed by atoms with Crippen molar-refractivity contribution in [2.75, 3.05) is 0 Å². The van der Waals surface area contributed by atoms with Gasteiger partial charge in [-0.25, -0.2) is 21.9 Å². The number of nitrogens with one attached hydrogen (secondary N) is 1. The summed E-state index contributed by atoms with van der Waals surface area (Å²) in [5, 5.41) is 9.42. The van der Waals surface area contributed by atoms with Crippen LogP contribution in [0.5, 0.6) is 0 Å². The van der Waals surface area contributed by atoms with E-state index in [0.29, 0.717) is 18.2 Å². The van der Waals surface area contributed by atoms with E-state index in [-0.39, 0.29) is 0 Å². The quantitative estimate of drug-likeness (QED) is 0.875. The van der Waals surface area contributed by atoms with E-state index in [2.05, 4.69) is 4.72 Å². The van der Waals surface area contributed by atoms with Crippen LogP contribution in [0.4, 0.5) is 8.78 Å². The minimum absolute atomic E-state index is 0.520. The lowest BCUT2D eigenvalue weighted by Crippen LogP contribution is -2.50. The largest absolute Gasteiger partial charge is 0.391 e. The summed E-state index contributed by atoms with van der Waals surface area (Å²) in [7, 11) is -4.10. The molecule has 1 unspecified atom stereocenters. The Morgan fingerprint density at radius 2 is 1.67 bits per heavy atom. The fraction of sp³-hybridized carbons (Fsp3) is 0.455. The molecule has 0 heterocycles. The van der Waals surface area contributed by atoms with Crippen molar-refractivity contribution in [2.24, 2.45) is 0 Å². The molecule has 0 fully saturated rings. The molecule has 0 spiro atoms. The molecule has 0 aliphatic rings. The summed E-state index contributed by atoms with van der Waals surface area (Å²) in [4.78, 5) is -0.520. The van der Waals surface area contributed by atoms with Gasteiger partial charge in [0.1, 0.15) is 11.6 Å². The molecular formula is C11H15F2NO3S. The van der Waals surface area contributed by atoms with E-state index < -0.39 is 38.2 Å². The molecule has 0 aliphatic carbocycles. The maximum absolute atomic E-state index is 13.0. The standard InChI is InChI=1S/C11H15F2NO3S/c1-7(15)11(2,3)14-18(16,17)10-5-8(12)4-9(13)6-10/h4-7,14-15H,1-3H3. The lowest BCUT2D eigenvalue weighted by Gasteiger charge is -2.28. The Bertz CT molecular complexity index is 521. The van der Waals surface area contributed by atoms with Crippen LogP contribution in [0, 0.1) is 11.6 Å². The van der Waals surface area contributed by atoms with Crippen LogP contribution in [0.1, 0.15) is 20.8 Å². The molecule has 7 heteroatoms. The smallest absolute Gasteiger partial charge is 0.241 e. The number of benzene rings is 1. The van der Waals surface area contributed by atoms with E-state index in [1.165, 1.54) is 20.8 Å². The lowest BCUT2D eigenvalue weighted by molar-refractivity contribution is 0.111. The molecule has 0 saturated carbocycles. The van der Waals surface area contributed by atoms with Crippen molar-refractivity contribution in [3.05, 3.63) is 29.8 Å². The highest BCUT2D eigenvalue weighted by Gasteiger charge is 2.30. The molecule has 2 N–H and O–H groups in total. The number of hydrogen-bond donors (Lipinski definition) is 2. The predicted molar refractivity (Wildman–Crippen MR) is 62.4 cm³/mol. The molecule has 0 aromatic heterocycles. The van der Waals surface area contributed by atoms with Crippen LogP contribution in [0.25, 0.3) is 0 Å². The number of rotatable bonds is 4. The Balaban J connectivity index is 3.15. The Kier molecular flexibility index (Phi) is 4.09. The summed E-state index contributed by atoms with van der Waals surface area (Å²) in [5.74, 6) is -1.96. The highest BCUT2D eigenvalue weighted by molar-refractivity contribution is 7.89. The maximum Gasteiger partial charge on any atom is 0.241 e. The Hall–Kier alpha value is -1.05. The van der Waals surface area contributed by atoms with Crippen molar-refractivity contribution in [3.8, 4) is 0 Å². The van der Waals surface area contributed by atoms with E-state index in [4.69, 9.17) is 0 Å². The molecule has 1 aromatic rings. The summed E-state index contributed by atoms with van der Waals surface area (Å²) in [6.45, 7) is 4.34. The van der Waals surface area contributed by atoms with Crippen LogP contribution in [0.2, 0.25) is 0 Å². The Morgan fingerprint density at radius 1 is 1.22 bits per heavy atom. The van der Waals surface area contributed by atoms with Crippen molar-refractivity contribution in [1.82, 2.24) is 4.72 Å². The fourth-order valence-electron chi connectivity index (χ4n) is 1.17. The molecule has 0 aliphatic heterocycles. The van der Waals surface area contributed by atoms with E-state index in [0.717, 1.165) is 0 Å². The third-order valence-electron chi connectivity index (χ3n) is 2.59. The van der Waals surface area contributed by atoms with E-state index >= 15 is 0 Å². The van der Waals surface area contributed by atoms with Gasteiger partial charge >= 0.3 is 0 Å². The van der Waals surface area contributed by atoms with Crippen molar-refractivity contribution in [3.63, 3.8) is 0 Å². The third-order valence-corrected chi connectivity index (χ3v) is 4.24. The summed E-state index contributed by atoms with van der Waals surface area (Å²) < 4.78 is 51.9. The molecule has 0 bridgehead atoms. The van der Waals surface area contributed by atoms with Crippen LogP contribution >= 0.6 is 0 Å². The van der Waals surface area contributed by atoms with Gasteiger partial charge in [-0.15, -0.1) is 0 Å². The SMILES string of the molecule is CC(O)C(C)(C)NS(=O)(=O)c1cc(F)cc(F)c1. The summed E-state index contributed by atoms with van der Waals surface area (Å²) in [6, 6.07) is 2.01. The second-order valence-corrected chi connectivity index (χ2v) is 6.29. The molecule has 1 aromatic carbocycles. The first-order chi connectivity index (χ1) is 8.04. The number of aliphatic hydroxyl groups is 1. The topological polar surface area (TPSA) is 66.4 Å². The Labute approximate surface area is 105 Å². The molecule has 102 valence electrons. The summed E-state index contributed by atoms with van der Waals surface area (Å²) in [5.41, 5.74) is -1.15. The van der Waals surface area contributed by atoms with Gasteiger partial charge in [-0.3, -0.25) is 0 Å². The summed E-state index contributed by atoms with van der Waals surface area (Å²) in [6.07, 6.45) is -0.967. The number of hydrogen-bond acceptors (Lipinski definition) is 3. The minimum Gasteiger partial charge on any atom is -0.391 e. The first-order valence-corrected chi connectivity index (χ1v) is 6.71. The zero-order valence-electron chi connectivity index (χ0n) is 10.2. The van der Waals surface area contributed by atoms with Gasteiger partial charge in [0.2, 0.25) is 10.0 Å². The van der Waals surface area contributed by atoms with Crippen LogP contribution in [-0.2, 0) is 10.0 Å². The van der Waals surface area contributed by atoms with Crippen molar-refractivity contribution in [1.29, 1.82) is 0 Å². The van der Waals surface area contributed by atoms with Crippen LogP contribution < -0.4 is 4.72 Å². The zero-order chi connectivity index (χ0) is 14.1. The predicted octanol–water partition coefficient (Wildman–Crippen LogP) is 1.40. The van der Waals surface area contributed by atoms with Crippen LogP contribution in [-0.4, -0.2) is 25.2 Å².